The van der Waals surface area contributed by atoms with E-state index in [1.807, 2.05) is 32.0 Å². The zero-order chi connectivity index (χ0) is 14.5. The van der Waals surface area contributed by atoms with Crippen molar-refractivity contribution in [1.29, 1.82) is 0 Å². The normalized spacial score (nSPS) is 12.2. The predicted molar refractivity (Wildman–Crippen MR) is 77.4 cm³/mol. The Balaban J connectivity index is 2.54. The maximum atomic E-state index is 14.0. The summed E-state index contributed by atoms with van der Waals surface area (Å²) in [5.74, 6) is 0.411. The summed E-state index contributed by atoms with van der Waals surface area (Å²) < 4.78 is 19.4. The molecule has 0 amide bonds. The van der Waals surface area contributed by atoms with Gasteiger partial charge in [0, 0.05) is 11.8 Å². The Labute approximate surface area is 118 Å². The van der Waals surface area contributed by atoms with Crippen molar-refractivity contribution in [3.8, 4) is 5.75 Å². The van der Waals surface area contributed by atoms with Gasteiger partial charge in [0.05, 0.1) is 18.8 Å². The number of aryl methyl sites for hydroxylation is 1. The summed E-state index contributed by atoms with van der Waals surface area (Å²) in [6.07, 6.45) is 1.60. The zero-order valence-electron chi connectivity index (χ0n) is 12.0. The summed E-state index contributed by atoms with van der Waals surface area (Å²) in [6, 6.07) is 8.57. The number of nitrogens with zero attached hydrogens (tertiary/aromatic N) is 1. The van der Waals surface area contributed by atoms with Crippen LogP contribution in [0.3, 0.4) is 0 Å². The van der Waals surface area contributed by atoms with Gasteiger partial charge < -0.3 is 10.1 Å². The van der Waals surface area contributed by atoms with Crippen LogP contribution in [0.4, 0.5) is 4.39 Å². The van der Waals surface area contributed by atoms with E-state index in [4.69, 9.17) is 4.74 Å². The molecule has 0 bridgehead atoms. The highest BCUT2D eigenvalue weighted by Crippen LogP contribution is 2.31. The molecule has 106 valence electrons. The fraction of sp³-hybridized carbons (Fsp3) is 0.312. The lowest BCUT2D eigenvalue weighted by Gasteiger charge is -2.21. The first-order valence-corrected chi connectivity index (χ1v) is 6.65. The average molecular weight is 274 g/mol. The molecule has 1 aromatic heterocycles. The molecule has 1 heterocycles. The summed E-state index contributed by atoms with van der Waals surface area (Å²) in [4.78, 5) is 4.19. The van der Waals surface area contributed by atoms with Crippen LogP contribution >= 0.6 is 0 Å². The summed E-state index contributed by atoms with van der Waals surface area (Å²) >= 11 is 0. The van der Waals surface area contributed by atoms with Crippen LogP contribution in [0.25, 0.3) is 0 Å². The number of methoxy groups -OCH3 is 1. The minimum absolute atomic E-state index is 0.318. The van der Waals surface area contributed by atoms with Gasteiger partial charge in [-0.25, -0.2) is 4.39 Å². The van der Waals surface area contributed by atoms with Crippen LogP contribution in [0, 0.1) is 12.7 Å². The summed E-state index contributed by atoms with van der Waals surface area (Å²) in [5, 5.41) is 3.28. The van der Waals surface area contributed by atoms with Crippen LogP contribution in [0.1, 0.15) is 29.8 Å². The molecule has 0 aliphatic heterocycles. The van der Waals surface area contributed by atoms with E-state index in [0.717, 1.165) is 16.9 Å². The van der Waals surface area contributed by atoms with Crippen molar-refractivity contribution in [2.45, 2.75) is 19.9 Å². The number of hydrogen-bond acceptors (Lipinski definition) is 3. The van der Waals surface area contributed by atoms with Crippen LogP contribution < -0.4 is 10.1 Å². The molecular weight excluding hydrogens is 255 g/mol. The molecule has 20 heavy (non-hydrogen) atoms. The molecule has 0 spiro atoms. The van der Waals surface area contributed by atoms with E-state index in [-0.39, 0.29) is 11.9 Å². The molecule has 4 heteroatoms. The van der Waals surface area contributed by atoms with Gasteiger partial charge in [-0.2, -0.15) is 0 Å². The van der Waals surface area contributed by atoms with Crippen molar-refractivity contribution in [3.05, 3.63) is 59.2 Å². The van der Waals surface area contributed by atoms with Crippen LogP contribution in [0.15, 0.2) is 36.5 Å². The Morgan fingerprint density at radius 2 is 2.15 bits per heavy atom. The Kier molecular flexibility index (Phi) is 4.69. The monoisotopic (exact) mass is 274 g/mol. The number of halogens is 1. The lowest BCUT2D eigenvalue weighted by Crippen LogP contribution is -2.24. The molecule has 1 atom stereocenters. The number of pyridine rings is 1. The van der Waals surface area contributed by atoms with E-state index >= 15 is 0 Å². The van der Waals surface area contributed by atoms with Crippen molar-refractivity contribution in [1.82, 2.24) is 10.3 Å². The molecule has 0 fully saturated rings. The van der Waals surface area contributed by atoms with E-state index in [9.17, 15) is 4.39 Å². The Morgan fingerprint density at radius 3 is 2.80 bits per heavy atom. The third kappa shape index (κ3) is 2.96. The van der Waals surface area contributed by atoms with Crippen LogP contribution in [-0.4, -0.2) is 18.6 Å². The Hall–Kier alpha value is -1.94. The molecule has 0 aliphatic rings. The van der Waals surface area contributed by atoms with E-state index in [1.54, 1.807) is 19.4 Å². The highest BCUT2D eigenvalue weighted by atomic mass is 19.1. The molecule has 0 saturated heterocycles. The van der Waals surface area contributed by atoms with Crippen LogP contribution in [0.2, 0.25) is 0 Å². The van der Waals surface area contributed by atoms with Crippen molar-refractivity contribution < 1.29 is 9.13 Å². The molecule has 1 aromatic carbocycles. The van der Waals surface area contributed by atoms with Gasteiger partial charge in [-0.05, 0) is 31.7 Å². The molecule has 0 saturated carbocycles. The predicted octanol–water partition coefficient (Wildman–Crippen LogP) is 3.24. The Bertz CT molecular complexity index is 586. The first kappa shape index (κ1) is 14.5. The van der Waals surface area contributed by atoms with E-state index in [2.05, 4.69) is 10.3 Å². The van der Waals surface area contributed by atoms with Gasteiger partial charge in [0.25, 0.3) is 0 Å². The summed E-state index contributed by atoms with van der Waals surface area (Å²) in [6.45, 7) is 4.69. The average Bonchev–Trinajstić information content (AvgIpc) is 2.46. The van der Waals surface area contributed by atoms with Gasteiger partial charge in [-0.3, -0.25) is 4.98 Å². The quantitative estimate of drug-likeness (QED) is 0.909. The van der Waals surface area contributed by atoms with Gasteiger partial charge in [0.1, 0.15) is 11.6 Å². The molecule has 1 N–H and O–H groups in total. The Morgan fingerprint density at radius 1 is 1.35 bits per heavy atom. The van der Waals surface area contributed by atoms with E-state index in [0.29, 0.717) is 12.2 Å². The first-order valence-electron chi connectivity index (χ1n) is 6.65. The molecule has 2 rings (SSSR count). The fourth-order valence-corrected chi connectivity index (χ4v) is 2.25. The summed E-state index contributed by atoms with van der Waals surface area (Å²) in [5.41, 5.74) is 2.38. The molecule has 0 radical (unpaired) electrons. The smallest absolute Gasteiger partial charge is 0.146 e. The molecule has 1 unspecified atom stereocenters. The van der Waals surface area contributed by atoms with Gasteiger partial charge in [-0.15, -0.1) is 0 Å². The maximum Gasteiger partial charge on any atom is 0.146 e. The molecule has 3 nitrogen and oxygen atoms in total. The molecule has 0 aliphatic carbocycles. The summed E-state index contributed by atoms with van der Waals surface area (Å²) in [7, 11) is 1.62. The fourth-order valence-electron chi connectivity index (χ4n) is 2.25. The van der Waals surface area contributed by atoms with Crippen molar-refractivity contribution in [2.24, 2.45) is 0 Å². The number of aromatic nitrogens is 1. The van der Waals surface area contributed by atoms with Crippen molar-refractivity contribution in [2.75, 3.05) is 13.7 Å². The largest absolute Gasteiger partial charge is 0.496 e. The number of ether oxygens (including phenoxy) is 1. The minimum atomic E-state index is -0.323. The minimum Gasteiger partial charge on any atom is -0.496 e. The zero-order valence-corrected chi connectivity index (χ0v) is 12.0. The second-order valence-electron chi connectivity index (χ2n) is 4.61. The third-order valence-electron chi connectivity index (χ3n) is 3.16. The van der Waals surface area contributed by atoms with Crippen molar-refractivity contribution >= 4 is 0 Å². The second-order valence-corrected chi connectivity index (χ2v) is 4.61. The van der Waals surface area contributed by atoms with Gasteiger partial charge >= 0.3 is 0 Å². The third-order valence-corrected chi connectivity index (χ3v) is 3.16. The highest BCUT2D eigenvalue weighted by Gasteiger charge is 2.21. The maximum absolute atomic E-state index is 14.0. The van der Waals surface area contributed by atoms with E-state index in [1.165, 1.54) is 6.07 Å². The number of hydrogen-bond donors (Lipinski definition) is 1. The highest BCUT2D eigenvalue weighted by molar-refractivity contribution is 5.42. The van der Waals surface area contributed by atoms with Gasteiger partial charge in [0.2, 0.25) is 0 Å². The number of nitrogens with one attached hydrogen (secondary N) is 1. The van der Waals surface area contributed by atoms with E-state index < -0.39 is 0 Å². The van der Waals surface area contributed by atoms with Gasteiger partial charge in [-0.1, -0.05) is 24.6 Å². The number of rotatable bonds is 5. The molecular formula is C16H19FN2O. The van der Waals surface area contributed by atoms with Crippen LogP contribution in [-0.2, 0) is 0 Å². The topological polar surface area (TPSA) is 34.1 Å². The number of benzene rings is 1. The lowest BCUT2D eigenvalue weighted by molar-refractivity contribution is 0.402. The first-order chi connectivity index (χ1) is 9.67. The standard InChI is InChI=1S/C16H19FN2O/c1-4-18-15(16-13(17)6-5-9-19-16)12-10-11(2)7-8-14(12)20-3/h5-10,15,18H,4H2,1-3H3. The van der Waals surface area contributed by atoms with Crippen LogP contribution in [0.5, 0.6) is 5.75 Å². The second kappa shape index (κ2) is 6.48. The van der Waals surface area contributed by atoms with Gasteiger partial charge in [0.15, 0.2) is 0 Å². The molecule has 2 aromatic rings. The SMILES string of the molecule is CCNC(c1cc(C)ccc1OC)c1ncccc1F. The lowest BCUT2D eigenvalue weighted by atomic mass is 9.99. The van der Waals surface area contributed by atoms with Crippen molar-refractivity contribution in [3.63, 3.8) is 0 Å².